The Bertz CT molecular complexity index is 368. The number of aliphatic hydroxyl groups excluding tert-OH is 1. The molecule has 0 aromatic heterocycles. The lowest BCUT2D eigenvalue weighted by atomic mass is 10.1. The maximum Gasteiger partial charge on any atom is 0.308 e. The number of unbranched alkanes of at least 4 members (excludes halogenated alkanes) is 9. The Balaban J connectivity index is 3.41. The molecule has 166 valence electrons. The molecule has 0 aromatic carbocycles. The summed E-state index contributed by atoms with van der Waals surface area (Å²) in [6.45, 7) is 6.75. The molecule has 0 heterocycles. The van der Waals surface area contributed by atoms with Crippen LogP contribution in [0.25, 0.3) is 0 Å². The van der Waals surface area contributed by atoms with Crippen molar-refractivity contribution >= 4 is 5.97 Å². The van der Waals surface area contributed by atoms with E-state index in [9.17, 15) is 9.90 Å². The molecular formula is C24H46O4. The van der Waals surface area contributed by atoms with E-state index < -0.39 is 6.29 Å². The van der Waals surface area contributed by atoms with Gasteiger partial charge in [-0.1, -0.05) is 77.4 Å². The third-order valence-electron chi connectivity index (χ3n) is 4.87. The standard InChI is InChI=1S/C24H46O4/c1-4-6-8-15-18-23(25)19-16-13-11-9-10-12-14-17-20-24(26)28-22(3)27-21-7-5-2/h13,16,22-23,25H,4-12,14-15,17-21H2,1-3H3/b16-13-/t22?,23-/m1/s1. The average molecular weight is 399 g/mol. The summed E-state index contributed by atoms with van der Waals surface area (Å²) in [5, 5.41) is 9.90. The minimum Gasteiger partial charge on any atom is -0.436 e. The zero-order chi connectivity index (χ0) is 20.9. The van der Waals surface area contributed by atoms with Crippen molar-refractivity contribution in [2.45, 2.75) is 129 Å². The number of rotatable bonds is 20. The molecule has 0 fully saturated rings. The van der Waals surface area contributed by atoms with Gasteiger partial charge in [0.1, 0.15) is 0 Å². The molecule has 2 atom stereocenters. The zero-order valence-corrected chi connectivity index (χ0v) is 18.8. The van der Waals surface area contributed by atoms with Gasteiger partial charge in [-0.2, -0.15) is 0 Å². The molecule has 0 aromatic rings. The smallest absolute Gasteiger partial charge is 0.308 e. The number of esters is 1. The summed E-state index contributed by atoms with van der Waals surface area (Å²) in [7, 11) is 0. The van der Waals surface area contributed by atoms with Gasteiger partial charge in [-0.25, -0.2) is 0 Å². The molecule has 0 bridgehead atoms. The van der Waals surface area contributed by atoms with E-state index >= 15 is 0 Å². The zero-order valence-electron chi connectivity index (χ0n) is 18.8. The quantitative estimate of drug-likeness (QED) is 0.107. The van der Waals surface area contributed by atoms with Crippen molar-refractivity contribution in [1.82, 2.24) is 0 Å². The van der Waals surface area contributed by atoms with E-state index in [0.29, 0.717) is 13.0 Å². The molecule has 1 N–H and O–H groups in total. The first kappa shape index (κ1) is 27.1. The summed E-state index contributed by atoms with van der Waals surface area (Å²) >= 11 is 0. The van der Waals surface area contributed by atoms with Crippen LogP contribution in [0.3, 0.4) is 0 Å². The maximum atomic E-state index is 11.7. The van der Waals surface area contributed by atoms with Crippen LogP contribution in [-0.2, 0) is 14.3 Å². The molecule has 1 unspecified atom stereocenters. The van der Waals surface area contributed by atoms with Crippen molar-refractivity contribution < 1.29 is 19.4 Å². The van der Waals surface area contributed by atoms with Gasteiger partial charge in [0, 0.05) is 6.42 Å². The molecule has 0 aliphatic carbocycles. The highest BCUT2D eigenvalue weighted by atomic mass is 16.7. The number of carbonyl (C=O) groups is 1. The van der Waals surface area contributed by atoms with Crippen molar-refractivity contribution in [1.29, 1.82) is 0 Å². The second-order valence-corrected chi connectivity index (χ2v) is 7.80. The summed E-state index contributed by atoms with van der Waals surface area (Å²) in [6.07, 6.45) is 19.5. The van der Waals surface area contributed by atoms with E-state index in [1.54, 1.807) is 6.92 Å². The van der Waals surface area contributed by atoms with Crippen LogP contribution in [0.5, 0.6) is 0 Å². The monoisotopic (exact) mass is 398 g/mol. The van der Waals surface area contributed by atoms with Gasteiger partial charge in [0.05, 0.1) is 12.7 Å². The van der Waals surface area contributed by atoms with Crippen LogP contribution in [0, 0.1) is 0 Å². The van der Waals surface area contributed by atoms with Gasteiger partial charge in [0.2, 0.25) is 0 Å². The van der Waals surface area contributed by atoms with Gasteiger partial charge >= 0.3 is 5.97 Å². The summed E-state index contributed by atoms with van der Waals surface area (Å²) in [5.41, 5.74) is 0. The number of hydrogen-bond donors (Lipinski definition) is 1. The van der Waals surface area contributed by atoms with Crippen molar-refractivity contribution in [3.63, 3.8) is 0 Å². The average Bonchev–Trinajstić information content (AvgIpc) is 2.67. The van der Waals surface area contributed by atoms with E-state index in [1.807, 2.05) is 0 Å². The summed E-state index contributed by atoms with van der Waals surface area (Å²) in [4.78, 5) is 11.7. The fourth-order valence-corrected chi connectivity index (χ4v) is 3.03. The number of hydrogen-bond acceptors (Lipinski definition) is 4. The summed E-state index contributed by atoms with van der Waals surface area (Å²) < 4.78 is 10.7. The molecule has 0 aliphatic heterocycles. The third-order valence-corrected chi connectivity index (χ3v) is 4.87. The Hall–Kier alpha value is -0.870. The second kappa shape index (κ2) is 20.9. The molecule has 0 saturated heterocycles. The molecule has 0 saturated carbocycles. The molecular weight excluding hydrogens is 352 g/mol. The molecule has 0 aliphatic rings. The lowest BCUT2D eigenvalue weighted by Gasteiger charge is -2.13. The summed E-state index contributed by atoms with van der Waals surface area (Å²) in [6, 6.07) is 0. The van der Waals surface area contributed by atoms with E-state index in [-0.39, 0.29) is 12.1 Å². The fraction of sp³-hybridized carbons (Fsp3) is 0.875. The van der Waals surface area contributed by atoms with Crippen LogP contribution in [-0.4, -0.2) is 30.1 Å². The molecule has 28 heavy (non-hydrogen) atoms. The molecule has 0 rings (SSSR count). The van der Waals surface area contributed by atoms with Crippen molar-refractivity contribution in [2.75, 3.05) is 6.61 Å². The largest absolute Gasteiger partial charge is 0.436 e. The lowest BCUT2D eigenvalue weighted by molar-refractivity contribution is -0.175. The molecule has 4 heteroatoms. The first-order chi connectivity index (χ1) is 13.6. The minimum absolute atomic E-state index is 0.153. The van der Waals surface area contributed by atoms with E-state index in [2.05, 4.69) is 26.0 Å². The van der Waals surface area contributed by atoms with Gasteiger partial charge < -0.3 is 14.6 Å². The van der Waals surface area contributed by atoms with Crippen LogP contribution < -0.4 is 0 Å². The van der Waals surface area contributed by atoms with Gasteiger partial charge in [-0.15, -0.1) is 0 Å². The number of aliphatic hydroxyl groups is 1. The Kier molecular flexibility index (Phi) is 20.2. The third kappa shape index (κ3) is 19.9. The lowest BCUT2D eigenvalue weighted by Crippen LogP contribution is -2.18. The molecule has 4 nitrogen and oxygen atoms in total. The SMILES string of the molecule is CCCCCC[C@@H](O)C/C=C\CCCCCCCC(=O)OC(C)OCCCC. The van der Waals surface area contributed by atoms with Gasteiger partial charge in [-0.05, 0) is 45.4 Å². The van der Waals surface area contributed by atoms with Crippen molar-refractivity contribution in [3.05, 3.63) is 12.2 Å². The molecule has 0 radical (unpaired) electrons. The highest BCUT2D eigenvalue weighted by molar-refractivity contribution is 5.69. The fourth-order valence-electron chi connectivity index (χ4n) is 3.03. The number of carbonyl (C=O) groups excluding carboxylic acids is 1. The van der Waals surface area contributed by atoms with Crippen LogP contribution >= 0.6 is 0 Å². The first-order valence-corrected chi connectivity index (χ1v) is 11.7. The van der Waals surface area contributed by atoms with E-state index in [4.69, 9.17) is 9.47 Å². The van der Waals surface area contributed by atoms with Gasteiger partial charge in [0.15, 0.2) is 6.29 Å². The van der Waals surface area contributed by atoms with Crippen LogP contribution in [0.1, 0.15) is 117 Å². The van der Waals surface area contributed by atoms with Crippen LogP contribution in [0.2, 0.25) is 0 Å². The van der Waals surface area contributed by atoms with E-state index in [1.165, 1.54) is 32.1 Å². The Morgan fingerprint density at radius 1 is 0.893 bits per heavy atom. The Morgan fingerprint density at radius 3 is 2.32 bits per heavy atom. The van der Waals surface area contributed by atoms with Crippen molar-refractivity contribution in [2.24, 2.45) is 0 Å². The van der Waals surface area contributed by atoms with Crippen molar-refractivity contribution in [3.8, 4) is 0 Å². The number of ether oxygens (including phenoxy) is 2. The minimum atomic E-state index is -0.430. The number of allylic oxidation sites excluding steroid dienone is 1. The van der Waals surface area contributed by atoms with Gasteiger partial charge in [-0.3, -0.25) is 4.79 Å². The molecule has 0 amide bonds. The highest BCUT2D eigenvalue weighted by Gasteiger charge is 2.08. The molecule has 0 spiro atoms. The van der Waals surface area contributed by atoms with Gasteiger partial charge in [0.25, 0.3) is 0 Å². The van der Waals surface area contributed by atoms with Crippen LogP contribution in [0.4, 0.5) is 0 Å². The predicted octanol–water partition coefficient (Wildman–Crippen LogP) is 6.70. The Labute approximate surface area is 174 Å². The maximum absolute atomic E-state index is 11.7. The Morgan fingerprint density at radius 2 is 1.57 bits per heavy atom. The second-order valence-electron chi connectivity index (χ2n) is 7.80. The first-order valence-electron chi connectivity index (χ1n) is 11.7. The summed E-state index contributed by atoms with van der Waals surface area (Å²) in [5.74, 6) is -0.153. The topological polar surface area (TPSA) is 55.8 Å². The van der Waals surface area contributed by atoms with Crippen LogP contribution in [0.15, 0.2) is 12.2 Å². The van der Waals surface area contributed by atoms with E-state index in [0.717, 1.165) is 57.8 Å². The highest BCUT2D eigenvalue weighted by Crippen LogP contribution is 2.11. The normalized spacial score (nSPS) is 13.7. The predicted molar refractivity (Wildman–Crippen MR) is 117 cm³/mol.